The standard InChI is InChI=1S/C14H19NO3S/c1-3-7-13(16)15-10-8-5-6-9-12(10)19-11(4-2)14(17)18/h5-6,8-9,11H,3-4,7H2,1-2H3,(H,15,16)(H,17,18). The minimum Gasteiger partial charge on any atom is -0.480 e. The molecule has 0 aliphatic rings. The maximum absolute atomic E-state index is 11.6. The third-order valence-corrected chi connectivity index (χ3v) is 3.98. The number of carboxylic acids is 1. The van der Waals surface area contributed by atoms with Crippen molar-refractivity contribution in [2.45, 2.75) is 43.3 Å². The van der Waals surface area contributed by atoms with E-state index in [9.17, 15) is 9.59 Å². The number of anilines is 1. The van der Waals surface area contributed by atoms with Crippen LogP contribution < -0.4 is 5.32 Å². The molecule has 1 rings (SSSR count). The lowest BCUT2D eigenvalue weighted by Gasteiger charge is -2.14. The molecule has 0 aliphatic carbocycles. The van der Waals surface area contributed by atoms with Crippen LogP contribution in [0.3, 0.4) is 0 Å². The second-order valence-electron chi connectivity index (χ2n) is 4.15. The van der Waals surface area contributed by atoms with Gasteiger partial charge in [0.25, 0.3) is 0 Å². The Morgan fingerprint density at radius 2 is 2.00 bits per heavy atom. The zero-order valence-electron chi connectivity index (χ0n) is 11.2. The molecule has 0 aromatic heterocycles. The summed E-state index contributed by atoms with van der Waals surface area (Å²) >= 11 is 1.27. The van der Waals surface area contributed by atoms with Crippen molar-refractivity contribution in [1.29, 1.82) is 0 Å². The highest BCUT2D eigenvalue weighted by Crippen LogP contribution is 2.32. The quantitative estimate of drug-likeness (QED) is 0.752. The smallest absolute Gasteiger partial charge is 0.316 e. The first kappa shape index (κ1) is 15.6. The summed E-state index contributed by atoms with van der Waals surface area (Å²) in [5, 5.41) is 11.4. The number of hydrogen-bond acceptors (Lipinski definition) is 3. The zero-order valence-corrected chi connectivity index (χ0v) is 12.0. The number of carbonyl (C=O) groups excluding carboxylic acids is 1. The van der Waals surface area contributed by atoms with Crippen molar-refractivity contribution in [1.82, 2.24) is 0 Å². The number of rotatable bonds is 7. The van der Waals surface area contributed by atoms with E-state index >= 15 is 0 Å². The molecule has 0 fully saturated rings. The molecule has 0 bridgehead atoms. The minimum absolute atomic E-state index is 0.0427. The van der Waals surface area contributed by atoms with Crippen LogP contribution in [0.1, 0.15) is 33.1 Å². The maximum Gasteiger partial charge on any atom is 0.316 e. The number of aliphatic carboxylic acids is 1. The van der Waals surface area contributed by atoms with Crippen LogP contribution in [-0.2, 0) is 9.59 Å². The first-order chi connectivity index (χ1) is 9.08. The van der Waals surface area contributed by atoms with Crippen molar-refractivity contribution in [3.8, 4) is 0 Å². The molecule has 1 aromatic carbocycles. The third-order valence-electron chi connectivity index (χ3n) is 2.55. The van der Waals surface area contributed by atoms with E-state index in [2.05, 4.69) is 5.32 Å². The molecule has 19 heavy (non-hydrogen) atoms. The second-order valence-corrected chi connectivity index (χ2v) is 5.39. The Hall–Kier alpha value is -1.49. The van der Waals surface area contributed by atoms with Gasteiger partial charge in [-0.25, -0.2) is 0 Å². The van der Waals surface area contributed by atoms with E-state index in [1.165, 1.54) is 11.8 Å². The molecule has 0 saturated heterocycles. The van der Waals surface area contributed by atoms with Crippen LogP contribution >= 0.6 is 11.8 Å². The van der Waals surface area contributed by atoms with Crippen LogP contribution in [0.5, 0.6) is 0 Å². The predicted molar refractivity (Wildman–Crippen MR) is 77.6 cm³/mol. The van der Waals surface area contributed by atoms with E-state index in [-0.39, 0.29) is 5.91 Å². The van der Waals surface area contributed by atoms with Gasteiger partial charge in [0.1, 0.15) is 5.25 Å². The van der Waals surface area contributed by atoms with Crippen molar-refractivity contribution < 1.29 is 14.7 Å². The summed E-state index contributed by atoms with van der Waals surface area (Å²) in [5.41, 5.74) is 0.686. The summed E-state index contributed by atoms with van der Waals surface area (Å²) < 4.78 is 0. The Labute approximate surface area is 117 Å². The number of para-hydroxylation sites is 1. The average molecular weight is 281 g/mol. The highest BCUT2D eigenvalue weighted by atomic mass is 32.2. The predicted octanol–water partition coefficient (Wildman–Crippen LogP) is 3.38. The van der Waals surface area contributed by atoms with E-state index in [0.29, 0.717) is 18.5 Å². The number of thioether (sulfide) groups is 1. The number of carbonyl (C=O) groups is 2. The lowest BCUT2D eigenvalue weighted by molar-refractivity contribution is -0.136. The van der Waals surface area contributed by atoms with Crippen LogP contribution in [0.15, 0.2) is 29.2 Å². The Balaban J connectivity index is 2.83. The van der Waals surface area contributed by atoms with E-state index in [1.54, 1.807) is 6.07 Å². The number of nitrogens with one attached hydrogen (secondary N) is 1. The monoisotopic (exact) mass is 281 g/mol. The SMILES string of the molecule is CCCC(=O)Nc1ccccc1SC(CC)C(=O)O. The van der Waals surface area contributed by atoms with Gasteiger partial charge in [-0.15, -0.1) is 11.8 Å². The summed E-state index contributed by atoms with van der Waals surface area (Å²) in [5.74, 6) is -0.874. The second kappa shape index (κ2) is 7.84. The fraction of sp³-hybridized carbons (Fsp3) is 0.429. The number of amides is 1. The molecule has 1 atom stereocenters. The van der Waals surface area contributed by atoms with Gasteiger partial charge in [-0.3, -0.25) is 9.59 Å². The fourth-order valence-corrected chi connectivity index (χ4v) is 2.55. The highest BCUT2D eigenvalue weighted by molar-refractivity contribution is 8.00. The van der Waals surface area contributed by atoms with Crippen LogP contribution in [0.2, 0.25) is 0 Å². The lowest BCUT2D eigenvalue weighted by Crippen LogP contribution is -2.16. The molecule has 4 nitrogen and oxygen atoms in total. The summed E-state index contributed by atoms with van der Waals surface area (Å²) in [4.78, 5) is 23.5. The molecular weight excluding hydrogens is 262 g/mol. The van der Waals surface area contributed by atoms with Gasteiger partial charge in [-0.1, -0.05) is 26.0 Å². The molecule has 104 valence electrons. The van der Waals surface area contributed by atoms with Crippen molar-refractivity contribution >= 4 is 29.3 Å². The van der Waals surface area contributed by atoms with Gasteiger partial charge in [0, 0.05) is 11.3 Å². The molecule has 0 aliphatic heterocycles. The largest absolute Gasteiger partial charge is 0.480 e. The molecule has 0 saturated carbocycles. The van der Waals surface area contributed by atoms with Crippen molar-refractivity contribution in [2.24, 2.45) is 0 Å². The number of hydrogen-bond donors (Lipinski definition) is 2. The van der Waals surface area contributed by atoms with Crippen LogP contribution in [-0.4, -0.2) is 22.2 Å². The molecule has 1 unspecified atom stereocenters. The summed E-state index contributed by atoms with van der Waals surface area (Å²) in [6, 6.07) is 7.29. The maximum atomic E-state index is 11.6. The van der Waals surface area contributed by atoms with Crippen LogP contribution in [0, 0.1) is 0 Å². The number of benzene rings is 1. The van der Waals surface area contributed by atoms with E-state index in [4.69, 9.17) is 5.11 Å². The van der Waals surface area contributed by atoms with E-state index in [1.807, 2.05) is 32.0 Å². The summed E-state index contributed by atoms with van der Waals surface area (Å²) in [6.07, 6.45) is 1.79. The molecular formula is C14H19NO3S. The molecule has 0 radical (unpaired) electrons. The zero-order chi connectivity index (χ0) is 14.3. The number of carboxylic acid groups (broad SMARTS) is 1. The Morgan fingerprint density at radius 3 is 2.58 bits per heavy atom. The van der Waals surface area contributed by atoms with E-state index < -0.39 is 11.2 Å². The van der Waals surface area contributed by atoms with Crippen molar-refractivity contribution in [3.05, 3.63) is 24.3 Å². The summed E-state index contributed by atoms with van der Waals surface area (Å²) in [7, 11) is 0. The topological polar surface area (TPSA) is 66.4 Å². The minimum atomic E-state index is -0.831. The molecule has 5 heteroatoms. The fourth-order valence-electron chi connectivity index (χ4n) is 1.57. The van der Waals surface area contributed by atoms with Crippen molar-refractivity contribution in [3.63, 3.8) is 0 Å². The highest BCUT2D eigenvalue weighted by Gasteiger charge is 2.18. The van der Waals surface area contributed by atoms with Gasteiger partial charge in [0.2, 0.25) is 5.91 Å². The van der Waals surface area contributed by atoms with Gasteiger partial charge in [0.05, 0.1) is 5.69 Å². The average Bonchev–Trinajstić information content (AvgIpc) is 2.37. The van der Waals surface area contributed by atoms with Gasteiger partial charge >= 0.3 is 5.97 Å². The molecule has 1 amide bonds. The molecule has 0 spiro atoms. The van der Waals surface area contributed by atoms with Gasteiger partial charge in [0.15, 0.2) is 0 Å². The van der Waals surface area contributed by atoms with Gasteiger partial charge < -0.3 is 10.4 Å². The molecule has 1 aromatic rings. The molecule has 2 N–H and O–H groups in total. The molecule has 0 heterocycles. The Morgan fingerprint density at radius 1 is 1.32 bits per heavy atom. The van der Waals surface area contributed by atoms with E-state index in [0.717, 1.165) is 11.3 Å². The summed E-state index contributed by atoms with van der Waals surface area (Å²) in [6.45, 7) is 3.78. The first-order valence-corrected chi connectivity index (χ1v) is 7.24. The first-order valence-electron chi connectivity index (χ1n) is 6.36. The normalized spacial score (nSPS) is 11.9. The van der Waals surface area contributed by atoms with Gasteiger partial charge in [-0.2, -0.15) is 0 Å². The van der Waals surface area contributed by atoms with Crippen LogP contribution in [0.4, 0.5) is 5.69 Å². The lowest BCUT2D eigenvalue weighted by atomic mass is 10.3. The Bertz CT molecular complexity index is 448. The third kappa shape index (κ3) is 4.95. The van der Waals surface area contributed by atoms with Crippen molar-refractivity contribution in [2.75, 3.05) is 5.32 Å². The Kier molecular flexibility index (Phi) is 6.42. The van der Waals surface area contributed by atoms with Gasteiger partial charge in [-0.05, 0) is 25.0 Å². The van der Waals surface area contributed by atoms with Crippen LogP contribution in [0.25, 0.3) is 0 Å².